The van der Waals surface area contributed by atoms with E-state index in [1.54, 1.807) is 36.5 Å². The Morgan fingerprint density at radius 1 is 1.03 bits per heavy atom. The molecule has 202 valence electrons. The largest absolute Gasteiger partial charge is 0.493 e. The quantitative estimate of drug-likeness (QED) is 0.351. The van der Waals surface area contributed by atoms with Crippen molar-refractivity contribution >= 4 is 46.6 Å². The molecule has 1 aromatic heterocycles. The van der Waals surface area contributed by atoms with Gasteiger partial charge in [-0.2, -0.15) is 18.2 Å². The molecule has 0 spiro atoms. The highest BCUT2D eigenvalue weighted by Crippen LogP contribution is 2.36. The second kappa shape index (κ2) is 11.5. The van der Waals surface area contributed by atoms with E-state index in [0.717, 1.165) is 10.5 Å². The van der Waals surface area contributed by atoms with Crippen LogP contribution in [0.4, 0.5) is 30.6 Å². The third-order valence-corrected chi connectivity index (χ3v) is 6.40. The summed E-state index contributed by atoms with van der Waals surface area (Å²) in [4.78, 5) is 21.5. The summed E-state index contributed by atoms with van der Waals surface area (Å²) in [5.74, 6) is -0.0749. The molecule has 1 aliphatic heterocycles. The highest BCUT2D eigenvalue weighted by atomic mass is 35.5. The molecular formula is C25H24Cl2F3N5O3. The molecule has 0 radical (unpaired) electrons. The molecular weight excluding hydrogens is 546 g/mol. The minimum Gasteiger partial charge on any atom is -0.493 e. The number of nitrogens with zero attached hydrogens (tertiary/aromatic N) is 3. The van der Waals surface area contributed by atoms with E-state index in [0.29, 0.717) is 51.5 Å². The number of benzene rings is 2. The summed E-state index contributed by atoms with van der Waals surface area (Å²) in [7, 11) is 3.06. The summed E-state index contributed by atoms with van der Waals surface area (Å²) < 4.78 is 49.3. The Morgan fingerprint density at radius 3 is 2.29 bits per heavy atom. The molecule has 2 heterocycles. The fraction of sp³-hybridized carbons (Fsp3) is 0.320. The third kappa shape index (κ3) is 6.51. The number of aromatic nitrogens is 2. The molecule has 1 saturated heterocycles. The minimum absolute atomic E-state index is 0.0289. The van der Waals surface area contributed by atoms with Crippen LogP contribution in [-0.4, -0.2) is 60.3 Å². The lowest BCUT2D eigenvalue weighted by molar-refractivity contribution is -0.186. The first-order valence-corrected chi connectivity index (χ1v) is 12.3. The Bertz CT molecular complexity index is 1300. The summed E-state index contributed by atoms with van der Waals surface area (Å²) in [6.45, 7) is -0.0577. The number of methoxy groups -OCH3 is 2. The Kier molecular flexibility index (Phi) is 8.37. The number of likely N-dealkylation sites (tertiary alicyclic amines) is 1. The number of hydrogen-bond donors (Lipinski definition) is 2. The van der Waals surface area contributed by atoms with Crippen LogP contribution >= 0.6 is 23.2 Å². The molecule has 1 aliphatic rings. The number of halogens is 5. The van der Waals surface area contributed by atoms with Gasteiger partial charge in [-0.15, -0.1) is 0 Å². The van der Waals surface area contributed by atoms with E-state index < -0.39 is 12.1 Å². The van der Waals surface area contributed by atoms with E-state index in [1.807, 2.05) is 6.07 Å². The molecule has 2 aromatic carbocycles. The van der Waals surface area contributed by atoms with Gasteiger partial charge in [0.05, 0.1) is 14.2 Å². The van der Waals surface area contributed by atoms with Crippen LogP contribution in [0.15, 0.2) is 42.6 Å². The van der Waals surface area contributed by atoms with Crippen LogP contribution in [0.1, 0.15) is 12.8 Å². The maximum atomic E-state index is 12.8. The normalized spacial score (nSPS) is 14.2. The lowest BCUT2D eigenvalue weighted by Crippen LogP contribution is -2.47. The Labute approximate surface area is 227 Å². The van der Waals surface area contributed by atoms with Crippen molar-refractivity contribution < 1.29 is 27.4 Å². The van der Waals surface area contributed by atoms with Crippen LogP contribution in [-0.2, 0) is 4.79 Å². The van der Waals surface area contributed by atoms with Crippen LogP contribution in [0.3, 0.4) is 0 Å². The highest BCUT2D eigenvalue weighted by molar-refractivity contribution is 6.35. The van der Waals surface area contributed by atoms with Crippen LogP contribution in [0, 0.1) is 0 Å². The minimum atomic E-state index is -4.89. The lowest BCUT2D eigenvalue weighted by Gasteiger charge is -2.33. The number of carbonyl (C=O) groups is 1. The van der Waals surface area contributed by atoms with Gasteiger partial charge in [0, 0.05) is 46.6 Å². The number of anilines is 3. The van der Waals surface area contributed by atoms with Crippen molar-refractivity contribution in [3.63, 3.8) is 0 Å². The van der Waals surface area contributed by atoms with Crippen LogP contribution in [0.5, 0.6) is 11.5 Å². The van der Waals surface area contributed by atoms with Crippen molar-refractivity contribution in [2.24, 2.45) is 0 Å². The number of rotatable bonds is 7. The van der Waals surface area contributed by atoms with Gasteiger partial charge < -0.3 is 25.0 Å². The summed E-state index contributed by atoms with van der Waals surface area (Å²) in [6.07, 6.45) is -2.65. The fourth-order valence-electron chi connectivity index (χ4n) is 4.12. The van der Waals surface area contributed by atoms with Gasteiger partial charge in [-0.05, 0) is 48.7 Å². The van der Waals surface area contributed by atoms with Crippen LogP contribution < -0.4 is 20.1 Å². The summed E-state index contributed by atoms with van der Waals surface area (Å²) in [6, 6.07) is 10.0. The maximum absolute atomic E-state index is 12.8. The first-order valence-electron chi connectivity index (χ1n) is 11.5. The van der Waals surface area contributed by atoms with Crippen molar-refractivity contribution in [1.82, 2.24) is 14.9 Å². The SMILES string of the molecule is COc1ccc(-c2cnc(Nc3cc(Cl)cc(Cl)c3)nc2NC2CCN(C(=O)C(F)(F)F)CC2)cc1OC. The summed E-state index contributed by atoms with van der Waals surface area (Å²) >= 11 is 12.2. The van der Waals surface area contributed by atoms with E-state index in [-0.39, 0.29) is 25.1 Å². The monoisotopic (exact) mass is 569 g/mol. The zero-order valence-corrected chi connectivity index (χ0v) is 21.9. The molecule has 2 N–H and O–H groups in total. The van der Waals surface area contributed by atoms with E-state index >= 15 is 0 Å². The van der Waals surface area contributed by atoms with Crippen molar-refractivity contribution in [2.75, 3.05) is 37.9 Å². The van der Waals surface area contributed by atoms with Gasteiger partial charge in [0.2, 0.25) is 5.95 Å². The van der Waals surface area contributed by atoms with Gasteiger partial charge in [-0.3, -0.25) is 4.79 Å². The molecule has 38 heavy (non-hydrogen) atoms. The molecule has 1 fully saturated rings. The predicted octanol–water partition coefficient (Wildman–Crippen LogP) is 6.18. The van der Waals surface area contributed by atoms with Gasteiger partial charge in [0.15, 0.2) is 11.5 Å². The Morgan fingerprint density at radius 2 is 1.68 bits per heavy atom. The van der Waals surface area contributed by atoms with Crippen LogP contribution in [0.2, 0.25) is 10.0 Å². The highest BCUT2D eigenvalue weighted by Gasteiger charge is 2.43. The number of nitrogens with one attached hydrogen (secondary N) is 2. The van der Waals surface area contributed by atoms with Gasteiger partial charge in [0.25, 0.3) is 0 Å². The molecule has 1 amide bonds. The van der Waals surface area contributed by atoms with Gasteiger partial charge in [0.1, 0.15) is 5.82 Å². The first-order chi connectivity index (χ1) is 18.1. The van der Waals surface area contributed by atoms with Crippen LogP contribution in [0.25, 0.3) is 11.1 Å². The molecule has 0 unspecified atom stereocenters. The fourth-order valence-corrected chi connectivity index (χ4v) is 4.65. The smallest absolute Gasteiger partial charge is 0.471 e. The molecule has 4 rings (SSSR count). The first kappa shape index (κ1) is 27.6. The second-order valence-electron chi connectivity index (χ2n) is 8.52. The molecule has 8 nitrogen and oxygen atoms in total. The topological polar surface area (TPSA) is 88.6 Å². The number of alkyl halides is 3. The molecule has 0 atom stereocenters. The molecule has 0 bridgehead atoms. The Balaban J connectivity index is 1.63. The van der Waals surface area contributed by atoms with Crippen molar-refractivity contribution in [3.05, 3.63) is 52.6 Å². The number of carbonyl (C=O) groups excluding carboxylic acids is 1. The van der Waals surface area contributed by atoms with Crippen molar-refractivity contribution in [2.45, 2.75) is 25.1 Å². The Hall–Kier alpha value is -3.44. The second-order valence-corrected chi connectivity index (χ2v) is 9.39. The van der Waals surface area contributed by atoms with Gasteiger partial charge >= 0.3 is 12.1 Å². The zero-order chi connectivity index (χ0) is 27.4. The van der Waals surface area contributed by atoms with Gasteiger partial charge in [-0.25, -0.2) is 4.98 Å². The molecule has 13 heteroatoms. The average molecular weight is 570 g/mol. The molecule has 0 saturated carbocycles. The van der Waals surface area contributed by atoms with Gasteiger partial charge in [-0.1, -0.05) is 29.3 Å². The summed E-state index contributed by atoms with van der Waals surface area (Å²) in [5, 5.41) is 7.26. The summed E-state index contributed by atoms with van der Waals surface area (Å²) in [5.41, 5.74) is 1.94. The maximum Gasteiger partial charge on any atom is 0.471 e. The third-order valence-electron chi connectivity index (χ3n) is 5.97. The van der Waals surface area contributed by atoms with E-state index in [2.05, 4.69) is 20.6 Å². The predicted molar refractivity (Wildman–Crippen MR) is 140 cm³/mol. The number of hydrogen-bond acceptors (Lipinski definition) is 7. The van der Waals surface area contributed by atoms with E-state index in [9.17, 15) is 18.0 Å². The number of ether oxygens (including phenoxy) is 2. The van der Waals surface area contributed by atoms with E-state index in [4.69, 9.17) is 32.7 Å². The average Bonchev–Trinajstić information content (AvgIpc) is 2.87. The van der Waals surface area contributed by atoms with E-state index in [1.165, 1.54) is 14.2 Å². The lowest BCUT2D eigenvalue weighted by atomic mass is 10.0. The molecule has 3 aromatic rings. The zero-order valence-electron chi connectivity index (χ0n) is 20.4. The number of amides is 1. The number of piperidine rings is 1. The van der Waals surface area contributed by atoms with Crippen molar-refractivity contribution in [1.29, 1.82) is 0 Å². The standard InChI is InChI=1S/C25H24Cl2F3N5O3/c1-37-20-4-3-14(9-21(20)38-2)19-13-31-24(33-18-11-15(26)10-16(27)12-18)34-22(19)32-17-5-7-35(8-6-17)23(36)25(28,29)30/h3-4,9-13,17H,5-8H2,1-2H3,(H2,31,32,33,34). The molecule has 0 aliphatic carbocycles. The van der Waals surface area contributed by atoms with Crippen molar-refractivity contribution in [3.8, 4) is 22.6 Å².